The summed E-state index contributed by atoms with van der Waals surface area (Å²) in [6.45, 7) is 9.73. The zero-order valence-corrected chi connectivity index (χ0v) is 18.4. The minimum Gasteiger partial charge on any atom is -0.399 e. The lowest BCUT2D eigenvalue weighted by Crippen LogP contribution is -2.45. The maximum absolute atomic E-state index is 15.0. The van der Waals surface area contributed by atoms with Crippen LogP contribution in [-0.2, 0) is 24.4 Å². The quantitative estimate of drug-likeness (QED) is 0.627. The Balaban J connectivity index is 2.60. The predicted octanol–water partition coefficient (Wildman–Crippen LogP) is -0.210. The van der Waals surface area contributed by atoms with Gasteiger partial charge in [0.1, 0.15) is 5.82 Å². The highest BCUT2D eigenvalue weighted by Gasteiger charge is 2.53. The van der Waals surface area contributed by atoms with E-state index in [1.807, 2.05) is 0 Å². The van der Waals surface area contributed by atoms with Crippen molar-refractivity contribution in [2.24, 2.45) is 0 Å². The van der Waals surface area contributed by atoms with E-state index in [9.17, 15) is 17.9 Å². The minimum atomic E-state index is -4.17. The van der Waals surface area contributed by atoms with Gasteiger partial charge in [-0.2, -0.15) is 0 Å². The number of rotatable bonds is 6. The lowest BCUT2D eigenvalue weighted by molar-refractivity contribution is 0.00578. The van der Waals surface area contributed by atoms with Crippen LogP contribution in [-0.4, -0.2) is 67.5 Å². The highest BCUT2D eigenvalue weighted by atomic mass is 32.2. The number of aliphatic hydroxyl groups is 1. The summed E-state index contributed by atoms with van der Waals surface area (Å²) in [5.41, 5.74) is -3.21. The second-order valence-corrected chi connectivity index (χ2v) is 10.8. The summed E-state index contributed by atoms with van der Waals surface area (Å²) in [6, 6.07) is 1.92. The molecule has 0 saturated carbocycles. The topological polar surface area (TPSA) is 84.9 Å². The van der Waals surface area contributed by atoms with Gasteiger partial charge in [0.15, 0.2) is 0 Å². The molecule has 1 aromatic carbocycles. The molecule has 2 rings (SSSR count). The van der Waals surface area contributed by atoms with Crippen LogP contribution in [0.25, 0.3) is 0 Å². The highest BCUT2D eigenvalue weighted by molar-refractivity contribution is 7.89. The number of hydrogen-bond acceptors (Lipinski definition) is 5. The zero-order chi connectivity index (χ0) is 22.6. The van der Waals surface area contributed by atoms with Crippen LogP contribution < -0.4 is 10.2 Å². The molecule has 6 radical (unpaired) electrons. The molecule has 0 aliphatic carbocycles. The van der Waals surface area contributed by atoms with Crippen molar-refractivity contribution >= 4 is 46.1 Å². The van der Waals surface area contributed by atoms with Crippen LogP contribution >= 0.6 is 0 Å². The Bertz CT molecular complexity index is 878. The molecule has 0 spiro atoms. The summed E-state index contributed by atoms with van der Waals surface area (Å²) in [5, 5.41) is 7.68. The fourth-order valence-corrected chi connectivity index (χ4v) is 3.98. The summed E-state index contributed by atoms with van der Waals surface area (Å²) in [6.07, 6.45) is 0. The molecule has 1 aromatic rings. The van der Waals surface area contributed by atoms with Crippen LogP contribution in [0.4, 0.5) is 4.39 Å². The van der Waals surface area contributed by atoms with Gasteiger partial charge in [-0.1, -0.05) is 0 Å². The molecule has 0 bridgehead atoms. The van der Waals surface area contributed by atoms with Gasteiger partial charge in [-0.05, 0) is 64.7 Å². The van der Waals surface area contributed by atoms with Crippen LogP contribution in [0, 0.1) is 5.82 Å². The number of halogens is 1. The van der Waals surface area contributed by atoms with E-state index in [1.165, 1.54) is 13.8 Å². The molecule has 1 fully saturated rings. The van der Waals surface area contributed by atoms with Gasteiger partial charge in [0.25, 0.3) is 0 Å². The van der Waals surface area contributed by atoms with Gasteiger partial charge in [0.05, 0.1) is 45.2 Å². The van der Waals surface area contributed by atoms with E-state index in [0.717, 1.165) is 12.1 Å². The van der Waals surface area contributed by atoms with Gasteiger partial charge in [-0.15, -0.1) is 5.11 Å². The molecular weight excluding hydrogens is 393 g/mol. The fourth-order valence-electron chi connectivity index (χ4n) is 2.72. The van der Waals surface area contributed by atoms with Crippen molar-refractivity contribution < 1.29 is 27.2 Å². The molecule has 0 amide bonds. The molecule has 29 heavy (non-hydrogen) atoms. The van der Waals surface area contributed by atoms with Crippen molar-refractivity contribution in [3.63, 3.8) is 0 Å². The van der Waals surface area contributed by atoms with Crippen molar-refractivity contribution in [1.82, 2.24) is 4.72 Å². The number of hydrogen-bond donors (Lipinski definition) is 2. The van der Waals surface area contributed by atoms with Gasteiger partial charge in [-0.25, -0.2) is 17.5 Å². The zero-order valence-electron chi connectivity index (χ0n) is 17.5. The molecule has 12 heteroatoms. The van der Waals surface area contributed by atoms with E-state index >= 15 is 0 Å². The Morgan fingerprint density at radius 1 is 1.14 bits per heavy atom. The lowest BCUT2D eigenvalue weighted by atomic mass is 9.38. The third kappa shape index (κ3) is 5.28. The van der Waals surface area contributed by atoms with E-state index in [0.29, 0.717) is 0 Å². The van der Waals surface area contributed by atoms with Crippen molar-refractivity contribution in [1.29, 1.82) is 0 Å². The Kier molecular flexibility index (Phi) is 6.25. The molecule has 2 N–H and O–H groups in total. The lowest BCUT2D eigenvalue weighted by Gasteiger charge is -2.32. The first-order valence-electron chi connectivity index (χ1n) is 9.05. The molecule has 0 aromatic heterocycles. The summed E-state index contributed by atoms with van der Waals surface area (Å²) in [5.74, 6) is -1.02. The average Bonchev–Trinajstić information content (AvgIpc) is 2.71. The largest absolute Gasteiger partial charge is 0.495 e. The van der Waals surface area contributed by atoms with E-state index in [4.69, 9.17) is 32.8 Å². The molecular formula is C17H24B4FNO5S. The second kappa shape index (κ2) is 7.41. The van der Waals surface area contributed by atoms with Gasteiger partial charge >= 0.3 is 7.12 Å². The van der Waals surface area contributed by atoms with Crippen LogP contribution in [0.15, 0.2) is 17.0 Å². The molecule has 0 atom stereocenters. The first kappa shape index (κ1) is 24.5. The third-order valence-electron chi connectivity index (χ3n) is 5.04. The van der Waals surface area contributed by atoms with Crippen LogP contribution in [0.2, 0.25) is 0 Å². The molecule has 1 aliphatic heterocycles. The van der Waals surface area contributed by atoms with Crippen molar-refractivity contribution in [3.05, 3.63) is 23.5 Å². The molecule has 1 heterocycles. The fraction of sp³-hybridized carbons (Fsp3) is 0.647. The molecule has 1 saturated heterocycles. The Morgan fingerprint density at radius 2 is 1.62 bits per heavy atom. The highest BCUT2D eigenvalue weighted by Crippen LogP contribution is 2.37. The van der Waals surface area contributed by atoms with E-state index in [2.05, 4.69) is 4.72 Å². The smallest absolute Gasteiger partial charge is 0.399 e. The molecule has 0 unspecified atom stereocenters. The van der Waals surface area contributed by atoms with Gasteiger partial charge in [-0.3, -0.25) is 0 Å². The van der Waals surface area contributed by atoms with E-state index in [1.54, 1.807) is 27.7 Å². The predicted molar refractivity (Wildman–Crippen MR) is 113 cm³/mol. The van der Waals surface area contributed by atoms with Crippen LogP contribution in [0.3, 0.4) is 0 Å². The van der Waals surface area contributed by atoms with Gasteiger partial charge in [0.2, 0.25) is 10.0 Å². The van der Waals surface area contributed by atoms with Crippen molar-refractivity contribution in [2.45, 2.75) is 68.4 Å². The van der Waals surface area contributed by atoms with Crippen molar-refractivity contribution in [3.8, 4) is 0 Å². The van der Waals surface area contributed by atoms with Gasteiger partial charge in [0, 0.05) is 6.54 Å². The number of nitrogens with one attached hydrogen (secondary N) is 1. The summed E-state index contributed by atoms with van der Waals surface area (Å²) < 4.78 is 54.3. The summed E-state index contributed by atoms with van der Waals surface area (Å²) in [4.78, 5) is -0.406. The maximum atomic E-state index is 15.0. The molecule has 6 nitrogen and oxygen atoms in total. The maximum Gasteiger partial charge on any atom is 0.495 e. The standard InChI is InChI=1S/C17H24B4FNO5S/c1-14(2,24)9-23-29(25,26)10-7-11(13(12(22)8-10)17(18,19)20)21-27-15(3,4)16(5,6)28-21/h7-8,23-24H,9H2,1-6H3. The Morgan fingerprint density at radius 3 is 2.03 bits per heavy atom. The average molecular weight is 417 g/mol. The first-order valence-corrected chi connectivity index (χ1v) is 10.5. The molecule has 152 valence electrons. The second-order valence-electron chi connectivity index (χ2n) is 9.03. The number of benzene rings is 1. The van der Waals surface area contributed by atoms with Crippen LogP contribution in [0.5, 0.6) is 0 Å². The van der Waals surface area contributed by atoms with Gasteiger partial charge < -0.3 is 14.4 Å². The monoisotopic (exact) mass is 417 g/mol. The SMILES string of the molecule is [B]C([B])([B])c1c(F)cc(S(=O)(=O)NCC(C)(C)O)cc1B1OC(C)(C)C(C)(C)O1. The van der Waals surface area contributed by atoms with Crippen LogP contribution in [0.1, 0.15) is 47.1 Å². The first-order chi connectivity index (χ1) is 12.8. The van der Waals surface area contributed by atoms with Crippen molar-refractivity contribution in [2.75, 3.05) is 6.54 Å². The van der Waals surface area contributed by atoms with E-state index < -0.39 is 49.8 Å². The normalized spacial score (nSPS) is 19.5. The van der Waals surface area contributed by atoms with E-state index in [-0.39, 0.29) is 17.6 Å². The summed E-state index contributed by atoms with van der Waals surface area (Å²) >= 11 is 0. The third-order valence-corrected chi connectivity index (χ3v) is 6.42. The Hall–Kier alpha value is -0.800. The summed E-state index contributed by atoms with van der Waals surface area (Å²) in [7, 11) is 11.9. The number of sulfonamides is 1. The minimum absolute atomic E-state index is 0.0280. The Labute approximate surface area is 176 Å². The molecule has 1 aliphatic rings.